The first-order chi connectivity index (χ1) is 12.9. The van der Waals surface area contributed by atoms with Crippen LogP contribution in [-0.2, 0) is 18.1 Å². The fraction of sp³-hybridized carbons (Fsp3) is 0.100. The normalized spacial score (nSPS) is 10.8. The number of hydrogen-bond acceptors (Lipinski definition) is 5. The van der Waals surface area contributed by atoms with Gasteiger partial charge >= 0.3 is 0 Å². The standard InChI is InChI=1S/C20H17N5O/c1-2-4-16(5-3-1)14-26-15-25-20(18-8-12-22-13-9-18)23-19(24-25)17-6-10-21-11-7-17/h1-13H,14-15H2. The van der Waals surface area contributed by atoms with E-state index in [1.54, 1.807) is 29.5 Å². The third-order valence-corrected chi connectivity index (χ3v) is 3.87. The number of nitrogens with zero attached hydrogens (tertiary/aromatic N) is 5. The first kappa shape index (κ1) is 16.1. The van der Waals surface area contributed by atoms with Crippen LogP contribution in [0.3, 0.4) is 0 Å². The van der Waals surface area contributed by atoms with Gasteiger partial charge in [-0.1, -0.05) is 30.3 Å². The maximum Gasteiger partial charge on any atom is 0.181 e. The molecule has 6 nitrogen and oxygen atoms in total. The van der Waals surface area contributed by atoms with Crippen LogP contribution in [0.2, 0.25) is 0 Å². The van der Waals surface area contributed by atoms with Crippen LogP contribution in [0.4, 0.5) is 0 Å². The van der Waals surface area contributed by atoms with Crippen LogP contribution in [0, 0.1) is 0 Å². The van der Waals surface area contributed by atoms with Crippen molar-refractivity contribution in [3.63, 3.8) is 0 Å². The molecule has 0 aliphatic heterocycles. The largest absolute Gasteiger partial charge is 0.354 e. The molecule has 0 bridgehead atoms. The monoisotopic (exact) mass is 343 g/mol. The summed E-state index contributed by atoms with van der Waals surface area (Å²) in [4.78, 5) is 12.8. The van der Waals surface area contributed by atoms with E-state index in [4.69, 9.17) is 9.72 Å². The van der Waals surface area contributed by atoms with Crippen LogP contribution in [0.5, 0.6) is 0 Å². The van der Waals surface area contributed by atoms with Crippen molar-refractivity contribution >= 4 is 0 Å². The van der Waals surface area contributed by atoms with Gasteiger partial charge in [0.15, 0.2) is 11.6 Å². The van der Waals surface area contributed by atoms with Gasteiger partial charge in [0.2, 0.25) is 0 Å². The molecular formula is C20H17N5O. The third-order valence-electron chi connectivity index (χ3n) is 3.87. The van der Waals surface area contributed by atoms with Crippen LogP contribution in [-0.4, -0.2) is 24.7 Å². The molecule has 3 heterocycles. The van der Waals surface area contributed by atoms with Gasteiger partial charge in [0.05, 0.1) is 6.61 Å². The van der Waals surface area contributed by atoms with Crippen molar-refractivity contribution in [1.29, 1.82) is 0 Å². The van der Waals surface area contributed by atoms with Gasteiger partial charge in [-0.15, -0.1) is 5.10 Å². The summed E-state index contributed by atoms with van der Waals surface area (Å²) in [6, 6.07) is 17.7. The summed E-state index contributed by atoms with van der Waals surface area (Å²) in [5, 5.41) is 4.62. The average Bonchev–Trinajstić information content (AvgIpc) is 3.14. The van der Waals surface area contributed by atoms with E-state index in [1.165, 1.54) is 0 Å². The van der Waals surface area contributed by atoms with Crippen LogP contribution in [0.1, 0.15) is 5.56 Å². The van der Waals surface area contributed by atoms with Crippen molar-refractivity contribution in [2.45, 2.75) is 13.3 Å². The lowest BCUT2D eigenvalue weighted by molar-refractivity contribution is 0.0572. The van der Waals surface area contributed by atoms with Crippen molar-refractivity contribution < 1.29 is 4.74 Å². The maximum atomic E-state index is 5.85. The first-order valence-electron chi connectivity index (χ1n) is 8.27. The van der Waals surface area contributed by atoms with E-state index in [9.17, 15) is 0 Å². The summed E-state index contributed by atoms with van der Waals surface area (Å²) < 4.78 is 7.62. The van der Waals surface area contributed by atoms with Crippen molar-refractivity contribution in [3.05, 3.63) is 84.9 Å². The zero-order valence-corrected chi connectivity index (χ0v) is 14.1. The van der Waals surface area contributed by atoms with Crippen LogP contribution in [0.15, 0.2) is 79.4 Å². The Hall–Kier alpha value is -3.38. The number of ether oxygens (including phenoxy) is 1. The first-order valence-corrected chi connectivity index (χ1v) is 8.27. The molecule has 0 amide bonds. The lowest BCUT2D eigenvalue weighted by Gasteiger charge is -2.07. The van der Waals surface area contributed by atoms with E-state index in [0.717, 1.165) is 22.5 Å². The Kier molecular flexibility index (Phi) is 4.75. The quantitative estimate of drug-likeness (QED) is 0.535. The molecule has 6 heteroatoms. The summed E-state index contributed by atoms with van der Waals surface area (Å²) >= 11 is 0. The van der Waals surface area contributed by atoms with Crippen LogP contribution in [0.25, 0.3) is 22.8 Å². The Bertz CT molecular complexity index is 955. The van der Waals surface area contributed by atoms with Gasteiger partial charge < -0.3 is 4.74 Å². The summed E-state index contributed by atoms with van der Waals surface area (Å²) in [5.74, 6) is 1.38. The molecule has 4 aromatic rings. The molecule has 128 valence electrons. The van der Waals surface area contributed by atoms with Crippen molar-refractivity contribution in [1.82, 2.24) is 24.7 Å². The van der Waals surface area contributed by atoms with E-state index in [-0.39, 0.29) is 0 Å². The SMILES string of the molecule is c1ccc(COCn2nc(-c3ccncc3)nc2-c2ccncc2)cc1. The minimum atomic E-state index is 0.310. The third kappa shape index (κ3) is 3.65. The minimum Gasteiger partial charge on any atom is -0.354 e. The Morgan fingerprint density at radius 1 is 0.769 bits per heavy atom. The zero-order valence-electron chi connectivity index (χ0n) is 14.1. The lowest BCUT2D eigenvalue weighted by Crippen LogP contribution is -2.06. The van der Waals surface area contributed by atoms with E-state index in [0.29, 0.717) is 19.2 Å². The van der Waals surface area contributed by atoms with Gasteiger partial charge in [-0.05, 0) is 29.8 Å². The van der Waals surface area contributed by atoms with Gasteiger partial charge in [0.25, 0.3) is 0 Å². The van der Waals surface area contributed by atoms with E-state index in [2.05, 4.69) is 15.1 Å². The number of pyridine rings is 2. The highest BCUT2D eigenvalue weighted by Gasteiger charge is 2.13. The molecule has 3 aromatic heterocycles. The van der Waals surface area contributed by atoms with Crippen molar-refractivity contribution in [3.8, 4) is 22.8 Å². The molecule has 0 aliphatic rings. The molecule has 0 N–H and O–H groups in total. The Morgan fingerprint density at radius 3 is 2.12 bits per heavy atom. The molecule has 1 aromatic carbocycles. The van der Waals surface area contributed by atoms with Crippen molar-refractivity contribution in [2.24, 2.45) is 0 Å². The molecule has 0 spiro atoms. The molecule has 0 fully saturated rings. The van der Waals surface area contributed by atoms with Gasteiger partial charge in [-0.25, -0.2) is 9.67 Å². The Morgan fingerprint density at radius 2 is 1.42 bits per heavy atom. The predicted octanol–water partition coefficient (Wildman–Crippen LogP) is 3.58. The summed E-state index contributed by atoms with van der Waals surface area (Å²) in [6.07, 6.45) is 6.94. The Balaban J connectivity index is 1.60. The highest BCUT2D eigenvalue weighted by Crippen LogP contribution is 2.21. The van der Waals surface area contributed by atoms with Gasteiger partial charge in [0, 0.05) is 35.9 Å². The molecule has 0 saturated heterocycles. The molecule has 0 saturated carbocycles. The lowest BCUT2D eigenvalue weighted by atomic mass is 10.2. The second kappa shape index (κ2) is 7.67. The topological polar surface area (TPSA) is 65.7 Å². The smallest absolute Gasteiger partial charge is 0.181 e. The fourth-order valence-electron chi connectivity index (χ4n) is 2.59. The van der Waals surface area contributed by atoms with E-state index in [1.807, 2.05) is 54.6 Å². The molecule has 26 heavy (non-hydrogen) atoms. The van der Waals surface area contributed by atoms with E-state index < -0.39 is 0 Å². The fourth-order valence-corrected chi connectivity index (χ4v) is 2.59. The second-order valence-electron chi connectivity index (χ2n) is 5.69. The highest BCUT2D eigenvalue weighted by atomic mass is 16.5. The zero-order chi connectivity index (χ0) is 17.6. The molecule has 4 rings (SSSR count). The number of benzene rings is 1. The molecule has 0 atom stereocenters. The molecule has 0 aliphatic carbocycles. The predicted molar refractivity (Wildman–Crippen MR) is 97.7 cm³/mol. The highest BCUT2D eigenvalue weighted by molar-refractivity contribution is 5.60. The van der Waals surface area contributed by atoms with E-state index >= 15 is 0 Å². The number of rotatable bonds is 6. The molecule has 0 unspecified atom stereocenters. The minimum absolute atomic E-state index is 0.310. The Labute approximate surface area is 151 Å². The summed E-state index contributed by atoms with van der Waals surface area (Å²) in [6.45, 7) is 0.825. The maximum absolute atomic E-state index is 5.85. The van der Waals surface area contributed by atoms with Gasteiger partial charge in [-0.3, -0.25) is 9.97 Å². The van der Waals surface area contributed by atoms with Crippen molar-refractivity contribution in [2.75, 3.05) is 0 Å². The molecular weight excluding hydrogens is 326 g/mol. The van der Waals surface area contributed by atoms with Gasteiger partial charge in [0.1, 0.15) is 6.73 Å². The second-order valence-corrected chi connectivity index (χ2v) is 5.69. The number of aromatic nitrogens is 5. The summed E-state index contributed by atoms with van der Waals surface area (Å²) in [7, 11) is 0. The van der Waals surface area contributed by atoms with Crippen LogP contribution < -0.4 is 0 Å². The average molecular weight is 343 g/mol. The molecule has 0 radical (unpaired) electrons. The summed E-state index contributed by atoms with van der Waals surface area (Å²) in [5.41, 5.74) is 2.97. The van der Waals surface area contributed by atoms with Crippen LogP contribution >= 0.6 is 0 Å². The van der Waals surface area contributed by atoms with Gasteiger partial charge in [-0.2, -0.15) is 0 Å². The number of hydrogen-bond donors (Lipinski definition) is 0.